The number of para-hydroxylation sites is 1. The zero-order chi connectivity index (χ0) is 17.1. The average Bonchev–Trinajstić information content (AvgIpc) is 2.67. The Morgan fingerprint density at radius 2 is 1.68 bits per heavy atom. The van der Waals surface area contributed by atoms with Gasteiger partial charge in [-0.25, -0.2) is 15.0 Å². The fourth-order valence-corrected chi connectivity index (χ4v) is 2.58. The molecule has 122 valence electrons. The molecule has 0 aliphatic rings. The van der Waals surface area contributed by atoms with Gasteiger partial charge in [-0.1, -0.05) is 48.0 Å². The van der Waals surface area contributed by atoms with Crippen molar-refractivity contribution in [2.75, 3.05) is 0 Å². The number of pyridine rings is 1. The van der Waals surface area contributed by atoms with Crippen LogP contribution in [0.2, 0.25) is 5.02 Å². The molecule has 0 fully saturated rings. The van der Waals surface area contributed by atoms with Gasteiger partial charge in [0.2, 0.25) is 5.88 Å². The van der Waals surface area contributed by atoms with Crippen LogP contribution in [0.4, 0.5) is 0 Å². The van der Waals surface area contributed by atoms with Crippen LogP contribution in [0.15, 0.2) is 72.9 Å². The minimum absolute atomic E-state index is 0.423. The van der Waals surface area contributed by atoms with Crippen LogP contribution in [0.3, 0.4) is 0 Å². The summed E-state index contributed by atoms with van der Waals surface area (Å²) in [5.74, 6) is 1.11. The highest BCUT2D eigenvalue weighted by atomic mass is 35.5. The molecule has 4 aromatic rings. The molecule has 0 saturated heterocycles. The Balaban J connectivity index is 1.56. The quantitative estimate of drug-likeness (QED) is 0.525. The van der Waals surface area contributed by atoms with E-state index in [9.17, 15) is 0 Å². The van der Waals surface area contributed by atoms with E-state index in [1.807, 2.05) is 66.7 Å². The molecular formula is C20H14ClN3O. The zero-order valence-electron chi connectivity index (χ0n) is 13.3. The molecule has 0 aliphatic heterocycles. The van der Waals surface area contributed by atoms with E-state index in [0.717, 1.165) is 16.5 Å². The largest absolute Gasteiger partial charge is 0.473 e. The van der Waals surface area contributed by atoms with Gasteiger partial charge < -0.3 is 4.74 Å². The summed E-state index contributed by atoms with van der Waals surface area (Å²) in [5.41, 5.74) is 2.60. The molecule has 0 aliphatic carbocycles. The molecule has 0 radical (unpaired) electrons. The highest BCUT2D eigenvalue weighted by molar-refractivity contribution is 6.30. The second kappa shape index (κ2) is 6.87. The van der Waals surface area contributed by atoms with E-state index < -0.39 is 0 Å². The normalized spacial score (nSPS) is 10.8. The second-order valence-electron chi connectivity index (χ2n) is 5.53. The Kier molecular flexibility index (Phi) is 4.27. The number of rotatable bonds is 4. The van der Waals surface area contributed by atoms with Gasteiger partial charge in [-0.3, -0.25) is 0 Å². The van der Waals surface area contributed by atoms with Gasteiger partial charge in [-0.15, -0.1) is 0 Å². The number of fused-ring (bicyclic) bond motifs is 1. The highest BCUT2D eigenvalue weighted by Crippen LogP contribution is 2.20. The summed E-state index contributed by atoms with van der Waals surface area (Å²) in [6.45, 7) is 0.423. The predicted octanol–water partition coefficient (Wildman–Crippen LogP) is 4.92. The van der Waals surface area contributed by atoms with Gasteiger partial charge in [-0.05, 0) is 29.8 Å². The number of aromatic nitrogens is 3. The second-order valence-corrected chi connectivity index (χ2v) is 5.97. The minimum Gasteiger partial charge on any atom is -0.473 e. The summed E-state index contributed by atoms with van der Waals surface area (Å²) in [5, 5.41) is 1.71. The monoisotopic (exact) mass is 347 g/mol. The first kappa shape index (κ1) is 15.5. The molecule has 0 amide bonds. The van der Waals surface area contributed by atoms with E-state index in [1.54, 1.807) is 6.20 Å². The van der Waals surface area contributed by atoms with Crippen molar-refractivity contribution in [2.24, 2.45) is 0 Å². The standard InChI is InChI=1S/C20H14ClN3O/c21-16-10-8-14(9-11-16)13-25-19-7-3-6-18(23-19)20-22-12-15-4-1-2-5-17(15)24-20/h1-12H,13H2. The van der Waals surface area contributed by atoms with Crippen LogP contribution in [0.1, 0.15) is 5.56 Å². The van der Waals surface area contributed by atoms with E-state index in [-0.39, 0.29) is 0 Å². The molecule has 4 rings (SSSR count). The number of hydrogen-bond donors (Lipinski definition) is 0. The maximum absolute atomic E-state index is 5.89. The third-order valence-corrected chi connectivity index (χ3v) is 3.99. The van der Waals surface area contributed by atoms with Gasteiger partial charge in [0.25, 0.3) is 0 Å². The maximum Gasteiger partial charge on any atom is 0.214 e. The van der Waals surface area contributed by atoms with Crippen molar-refractivity contribution in [1.82, 2.24) is 15.0 Å². The Morgan fingerprint density at radius 3 is 2.56 bits per heavy atom. The zero-order valence-corrected chi connectivity index (χ0v) is 14.0. The molecule has 0 atom stereocenters. The molecule has 2 heterocycles. The molecule has 2 aromatic heterocycles. The van der Waals surface area contributed by atoms with E-state index in [2.05, 4.69) is 15.0 Å². The van der Waals surface area contributed by atoms with Gasteiger partial charge >= 0.3 is 0 Å². The smallest absolute Gasteiger partial charge is 0.214 e. The van der Waals surface area contributed by atoms with Crippen molar-refractivity contribution >= 4 is 22.5 Å². The van der Waals surface area contributed by atoms with Crippen molar-refractivity contribution in [3.8, 4) is 17.4 Å². The van der Waals surface area contributed by atoms with Crippen LogP contribution in [-0.2, 0) is 6.61 Å². The summed E-state index contributed by atoms with van der Waals surface area (Å²) in [4.78, 5) is 13.5. The molecule has 25 heavy (non-hydrogen) atoms. The SMILES string of the molecule is Clc1ccc(COc2cccc(-c3ncc4ccccc4n3)n2)cc1. The summed E-state index contributed by atoms with van der Waals surface area (Å²) in [6.07, 6.45) is 1.81. The lowest BCUT2D eigenvalue weighted by molar-refractivity contribution is 0.294. The van der Waals surface area contributed by atoms with Crippen LogP contribution in [0.5, 0.6) is 5.88 Å². The molecule has 0 N–H and O–H groups in total. The van der Waals surface area contributed by atoms with Crippen LogP contribution < -0.4 is 4.74 Å². The van der Waals surface area contributed by atoms with Crippen LogP contribution >= 0.6 is 11.6 Å². The number of halogens is 1. The minimum atomic E-state index is 0.423. The lowest BCUT2D eigenvalue weighted by atomic mass is 10.2. The summed E-state index contributed by atoms with van der Waals surface area (Å²) in [6, 6.07) is 21.0. The molecule has 2 aromatic carbocycles. The topological polar surface area (TPSA) is 47.9 Å². The van der Waals surface area contributed by atoms with E-state index in [1.165, 1.54) is 0 Å². The number of benzene rings is 2. The fraction of sp³-hybridized carbons (Fsp3) is 0.0500. The summed E-state index contributed by atoms with van der Waals surface area (Å²) < 4.78 is 5.77. The van der Waals surface area contributed by atoms with E-state index in [0.29, 0.717) is 29.0 Å². The molecule has 0 unspecified atom stereocenters. The Labute approximate surface area is 150 Å². The van der Waals surface area contributed by atoms with Gasteiger partial charge in [-0.2, -0.15) is 0 Å². The molecule has 5 heteroatoms. The van der Waals surface area contributed by atoms with Crippen molar-refractivity contribution in [3.63, 3.8) is 0 Å². The molecule has 4 nitrogen and oxygen atoms in total. The number of hydrogen-bond acceptors (Lipinski definition) is 4. The van der Waals surface area contributed by atoms with E-state index >= 15 is 0 Å². The molecule has 0 bridgehead atoms. The predicted molar refractivity (Wildman–Crippen MR) is 98.6 cm³/mol. The fourth-order valence-electron chi connectivity index (χ4n) is 2.45. The van der Waals surface area contributed by atoms with Gasteiger partial charge in [0.15, 0.2) is 5.82 Å². The highest BCUT2D eigenvalue weighted by Gasteiger charge is 2.06. The number of ether oxygens (including phenoxy) is 1. The molecular weight excluding hydrogens is 334 g/mol. The third-order valence-electron chi connectivity index (χ3n) is 3.74. The Hall–Kier alpha value is -2.98. The first-order valence-corrected chi connectivity index (χ1v) is 8.22. The third kappa shape index (κ3) is 3.59. The molecule has 0 saturated carbocycles. The van der Waals surface area contributed by atoms with Gasteiger partial charge in [0.05, 0.1) is 5.52 Å². The Bertz CT molecular complexity index is 1020. The first-order chi connectivity index (χ1) is 12.3. The first-order valence-electron chi connectivity index (χ1n) is 7.84. The summed E-state index contributed by atoms with van der Waals surface area (Å²) in [7, 11) is 0. The van der Waals surface area contributed by atoms with Crippen LogP contribution in [-0.4, -0.2) is 15.0 Å². The lowest BCUT2D eigenvalue weighted by Gasteiger charge is -2.07. The van der Waals surface area contributed by atoms with Gasteiger partial charge in [0, 0.05) is 22.7 Å². The van der Waals surface area contributed by atoms with Crippen molar-refractivity contribution < 1.29 is 4.74 Å². The van der Waals surface area contributed by atoms with Crippen LogP contribution in [0.25, 0.3) is 22.4 Å². The molecule has 0 spiro atoms. The van der Waals surface area contributed by atoms with Crippen molar-refractivity contribution in [3.05, 3.63) is 83.5 Å². The van der Waals surface area contributed by atoms with Crippen molar-refractivity contribution in [2.45, 2.75) is 6.61 Å². The average molecular weight is 348 g/mol. The van der Waals surface area contributed by atoms with E-state index in [4.69, 9.17) is 16.3 Å². The summed E-state index contributed by atoms with van der Waals surface area (Å²) >= 11 is 5.89. The van der Waals surface area contributed by atoms with Crippen LogP contribution in [0, 0.1) is 0 Å². The van der Waals surface area contributed by atoms with Gasteiger partial charge in [0.1, 0.15) is 12.3 Å². The Morgan fingerprint density at radius 1 is 0.840 bits per heavy atom. The van der Waals surface area contributed by atoms with Crippen molar-refractivity contribution in [1.29, 1.82) is 0 Å². The maximum atomic E-state index is 5.89. The lowest BCUT2D eigenvalue weighted by Crippen LogP contribution is -1.99. The number of nitrogens with zero attached hydrogens (tertiary/aromatic N) is 3.